The molecule has 0 aromatic rings. The van der Waals surface area contributed by atoms with Crippen LogP contribution in [0, 0.1) is 0 Å². The average molecular weight is 240 g/mol. The Morgan fingerprint density at radius 1 is 0.944 bits per heavy atom. The molecule has 0 N–H and O–H groups in total. The lowest BCUT2D eigenvalue weighted by Crippen LogP contribution is -2.18. The van der Waals surface area contributed by atoms with Gasteiger partial charge in [0.1, 0.15) is 0 Å². The van der Waals surface area contributed by atoms with Gasteiger partial charge in [-0.15, -0.1) is 0 Å². The number of allylic oxidation sites excluding steroid dienone is 6. The third-order valence-electron chi connectivity index (χ3n) is 2.46. The van der Waals surface area contributed by atoms with Crippen molar-refractivity contribution in [2.75, 3.05) is 13.1 Å². The maximum absolute atomic E-state index is 5.22. The Kier molecular flexibility index (Phi) is 4.81. The van der Waals surface area contributed by atoms with Crippen molar-refractivity contribution < 1.29 is 4.74 Å². The van der Waals surface area contributed by atoms with E-state index in [2.05, 4.69) is 22.0 Å². The summed E-state index contributed by atoms with van der Waals surface area (Å²) in [6.45, 7) is 1.73. The van der Waals surface area contributed by atoms with Crippen LogP contribution in [0.15, 0.2) is 78.0 Å². The van der Waals surface area contributed by atoms with Gasteiger partial charge in [0.05, 0.1) is 24.4 Å². The maximum atomic E-state index is 5.22. The van der Waals surface area contributed by atoms with Gasteiger partial charge >= 0.3 is 0 Å². The van der Waals surface area contributed by atoms with Gasteiger partial charge in [-0.2, -0.15) is 0 Å². The molecule has 0 aliphatic carbocycles. The molecular weight excluding hydrogens is 224 g/mol. The summed E-state index contributed by atoms with van der Waals surface area (Å²) in [6, 6.07) is 0. The molecular formula is C15H16N2O. The van der Waals surface area contributed by atoms with E-state index in [0.29, 0.717) is 0 Å². The fraction of sp³-hybridized carbons (Fsp3) is 0.133. The topological polar surface area (TPSA) is 24.8 Å². The molecule has 2 aliphatic rings. The minimum atomic E-state index is 0.813. The van der Waals surface area contributed by atoms with E-state index in [0.717, 1.165) is 18.8 Å². The minimum absolute atomic E-state index is 0.813. The molecule has 0 radical (unpaired) electrons. The molecule has 3 heteroatoms. The first-order valence-corrected chi connectivity index (χ1v) is 5.90. The molecule has 0 spiro atoms. The van der Waals surface area contributed by atoms with Crippen molar-refractivity contribution >= 4 is 6.21 Å². The zero-order valence-electron chi connectivity index (χ0n) is 10.1. The van der Waals surface area contributed by atoms with Gasteiger partial charge in [-0.1, -0.05) is 24.3 Å². The second-order valence-corrected chi connectivity index (χ2v) is 3.77. The van der Waals surface area contributed by atoms with Crippen molar-refractivity contribution in [2.45, 2.75) is 0 Å². The van der Waals surface area contributed by atoms with Gasteiger partial charge in [-0.3, -0.25) is 4.99 Å². The van der Waals surface area contributed by atoms with Crippen LogP contribution in [0.5, 0.6) is 0 Å². The molecule has 0 bridgehead atoms. The molecule has 2 aliphatic heterocycles. The molecule has 0 unspecified atom stereocenters. The van der Waals surface area contributed by atoms with E-state index in [4.69, 9.17) is 4.74 Å². The molecule has 3 nitrogen and oxygen atoms in total. The molecule has 0 saturated heterocycles. The predicted molar refractivity (Wildman–Crippen MR) is 74.9 cm³/mol. The van der Waals surface area contributed by atoms with E-state index in [1.54, 1.807) is 18.7 Å². The van der Waals surface area contributed by atoms with Crippen molar-refractivity contribution in [3.8, 4) is 0 Å². The fourth-order valence-electron chi connectivity index (χ4n) is 1.59. The molecule has 2 rings (SSSR count). The molecule has 0 aromatic carbocycles. The molecule has 92 valence electrons. The third kappa shape index (κ3) is 3.94. The fourth-order valence-corrected chi connectivity index (χ4v) is 1.59. The number of ether oxygens (including phenoxy) is 1. The minimum Gasteiger partial charge on any atom is -0.473 e. The van der Waals surface area contributed by atoms with Crippen LogP contribution in [0.1, 0.15) is 0 Å². The summed E-state index contributed by atoms with van der Waals surface area (Å²) in [4.78, 5) is 6.46. The van der Waals surface area contributed by atoms with Gasteiger partial charge in [0, 0.05) is 19.3 Å². The Labute approximate surface area is 107 Å². The van der Waals surface area contributed by atoms with Crippen molar-refractivity contribution in [1.82, 2.24) is 4.90 Å². The Bertz CT molecular complexity index is 465. The lowest BCUT2D eigenvalue weighted by atomic mass is 10.4. The van der Waals surface area contributed by atoms with Gasteiger partial charge in [0.2, 0.25) is 0 Å². The lowest BCUT2D eigenvalue weighted by molar-refractivity contribution is 0.391. The van der Waals surface area contributed by atoms with Gasteiger partial charge in [-0.25, -0.2) is 0 Å². The zero-order valence-corrected chi connectivity index (χ0v) is 10.1. The number of hydrogen-bond donors (Lipinski definition) is 0. The quantitative estimate of drug-likeness (QED) is 0.650. The second-order valence-electron chi connectivity index (χ2n) is 3.77. The highest BCUT2D eigenvalue weighted by atomic mass is 16.5. The van der Waals surface area contributed by atoms with E-state index in [1.807, 2.05) is 42.7 Å². The highest BCUT2D eigenvalue weighted by molar-refractivity contribution is 5.72. The molecule has 0 atom stereocenters. The summed E-state index contributed by atoms with van der Waals surface area (Å²) >= 11 is 0. The van der Waals surface area contributed by atoms with Crippen molar-refractivity contribution in [3.05, 3.63) is 73.0 Å². The normalized spacial score (nSPS) is 19.1. The van der Waals surface area contributed by atoms with Crippen LogP contribution in [-0.4, -0.2) is 24.2 Å². The third-order valence-corrected chi connectivity index (χ3v) is 2.46. The molecule has 0 aromatic heterocycles. The van der Waals surface area contributed by atoms with Crippen molar-refractivity contribution in [3.63, 3.8) is 0 Å². The Morgan fingerprint density at radius 3 is 2.78 bits per heavy atom. The molecule has 0 fully saturated rings. The number of fused-ring (bicyclic) bond motifs is 1. The summed E-state index contributed by atoms with van der Waals surface area (Å²) in [5, 5.41) is 0. The molecule has 18 heavy (non-hydrogen) atoms. The van der Waals surface area contributed by atoms with Crippen LogP contribution in [0.25, 0.3) is 0 Å². The van der Waals surface area contributed by atoms with Crippen LogP contribution in [-0.2, 0) is 4.74 Å². The molecule has 0 saturated carbocycles. The van der Waals surface area contributed by atoms with Crippen molar-refractivity contribution in [1.29, 1.82) is 0 Å². The summed E-state index contributed by atoms with van der Waals surface area (Å²) < 4.78 is 5.22. The van der Waals surface area contributed by atoms with Crippen LogP contribution < -0.4 is 0 Å². The number of rotatable bonds is 0. The Balaban J connectivity index is 2.09. The van der Waals surface area contributed by atoms with Gasteiger partial charge in [0.15, 0.2) is 0 Å². The molecule has 0 amide bonds. The first-order valence-electron chi connectivity index (χ1n) is 5.90. The first-order chi connectivity index (χ1) is 8.97. The van der Waals surface area contributed by atoms with E-state index >= 15 is 0 Å². The van der Waals surface area contributed by atoms with Crippen LogP contribution in [0.4, 0.5) is 0 Å². The van der Waals surface area contributed by atoms with Gasteiger partial charge < -0.3 is 9.64 Å². The summed E-state index contributed by atoms with van der Waals surface area (Å²) in [7, 11) is 0. The highest BCUT2D eigenvalue weighted by Gasteiger charge is 2.08. The second kappa shape index (κ2) is 7.12. The standard InChI is InChI=1S/C15H16N2O/c1-2-4-9-16-14-15-8-6-10-17(15)11-7-13-18-12-5-3-1/h1-9,12-14H,10-11H2. The zero-order chi connectivity index (χ0) is 12.5. The average Bonchev–Trinajstić information content (AvgIpc) is 2.81. The smallest absolute Gasteiger partial charge is 0.0901 e. The summed E-state index contributed by atoms with van der Waals surface area (Å²) in [5.74, 6) is 0. The first kappa shape index (κ1) is 12.2. The monoisotopic (exact) mass is 240 g/mol. The Morgan fingerprint density at radius 2 is 1.78 bits per heavy atom. The predicted octanol–water partition coefficient (Wildman–Crippen LogP) is 2.94. The van der Waals surface area contributed by atoms with E-state index in [1.165, 1.54) is 0 Å². The van der Waals surface area contributed by atoms with Crippen LogP contribution >= 0.6 is 0 Å². The van der Waals surface area contributed by atoms with E-state index in [-0.39, 0.29) is 0 Å². The maximum Gasteiger partial charge on any atom is 0.0901 e. The largest absolute Gasteiger partial charge is 0.473 e. The molecule has 2 heterocycles. The van der Waals surface area contributed by atoms with Gasteiger partial charge in [0.25, 0.3) is 0 Å². The van der Waals surface area contributed by atoms with Crippen molar-refractivity contribution in [2.24, 2.45) is 4.99 Å². The summed E-state index contributed by atoms with van der Waals surface area (Å²) in [6.07, 6.45) is 22.6. The SMILES string of the molecule is C1=CC=COC=CCN2CC=CC2=CN=CC=C1. The van der Waals surface area contributed by atoms with Crippen LogP contribution in [0.2, 0.25) is 0 Å². The highest BCUT2D eigenvalue weighted by Crippen LogP contribution is 2.13. The number of aliphatic imine (C=N–C) groups is 1. The van der Waals surface area contributed by atoms with E-state index < -0.39 is 0 Å². The lowest BCUT2D eigenvalue weighted by Gasteiger charge is -2.16. The van der Waals surface area contributed by atoms with Gasteiger partial charge in [-0.05, 0) is 24.3 Å². The summed E-state index contributed by atoms with van der Waals surface area (Å²) in [5.41, 5.74) is 1.12. The Hall–Kier alpha value is -2.29. The van der Waals surface area contributed by atoms with Crippen LogP contribution in [0.3, 0.4) is 0 Å². The van der Waals surface area contributed by atoms with E-state index in [9.17, 15) is 0 Å². The number of hydrogen-bond acceptors (Lipinski definition) is 3. The number of nitrogens with zero attached hydrogens (tertiary/aromatic N) is 2.